The van der Waals surface area contributed by atoms with Gasteiger partial charge in [0.05, 0.1) is 6.10 Å². The molecule has 0 aliphatic heterocycles. The largest absolute Gasteiger partial charge is 0.377 e. The fraction of sp³-hybridized carbons (Fsp3) is 1.00. The Morgan fingerprint density at radius 2 is 1.75 bits per heavy atom. The van der Waals surface area contributed by atoms with Crippen LogP contribution in [0.5, 0.6) is 0 Å². The average molecular weight is 229 g/mol. The Kier molecular flexibility index (Phi) is 8.96. The van der Waals surface area contributed by atoms with Crippen LogP contribution in [0.1, 0.15) is 66.7 Å². The van der Waals surface area contributed by atoms with Gasteiger partial charge >= 0.3 is 0 Å². The minimum atomic E-state index is 0.193. The van der Waals surface area contributed by atoms with Crippen LogP contribution in [0.3, 0.4) is 0 Å². The molecule has 0 aromatic carbocycles. The first-order chi connectivity index (χ1) is 7.49. The summed E-state index contributed by atoms with van der Waals surface area (Å²) >= 11 is 0. The van der Waals surface area contributed by atoms with Gasteiger partial charge in [0, 0.05) is 18.7 Å². The van der Waals surface area contributed by atoms with Crippen LogP contribution in [0, 0.1) is 0 Å². The highest BCUT2D eigenvalue weighted by Crippen LogP contribution is 2.06. The van der Waals surface area contributed by atoms with Crippen molar-refractivity contribution in [1.29, 1.82) is 0 Å². The van der Waals surface area contributed by atoms with Gasteiger partial charge in [-0.05, 0) is 33.6 Å². The molecule has 16 heavy (non-hydrogen) atoms. The fourth-order valence-corrected chi connectivity index (χ4v) is 1.59. The van der Waals surface area contributed by atoms with Crippen molar-refractivity contribution in [2.75, 3.05) is 13.2 Å². The van der Waals surface area contributed by atoms with Gasteiger partial charge in [-0.25, -0.2) is 0 Å². The van der Waals surface area contributed by atoms with E-state index in [2.05, 4.69) is 39.9 Å². The first kappa shape index (κ1) is 15.9. The Bertz CT molecular complexity index is 151. The van der Waals surface area contributed by atoms with E-state index in [9.17, 15) is 0 Å². The highest BCUT2D eigenvalue weighted by Gasteiger charge is 2.13. The predicted molar refractivity (Wildman–Crippen MR) is 71.9 cm³/mol. The molecule has 2 nitrogen and oxygen atoms in total. The van der Waals surface area contributed by atoms with Crippen molar-refractivity contribution < 1.29 is 4.74 Å². The van der Waals surface area contributed by atoms with Crippen LogP contribution in [-0.2, 0) is 4.74 Å². The van der Waals surface area contributed by atoms with Crippen LogP contribution in [0.15, 0.2) is 0 Å². The van der Waals surface area contributed by atoms with E-state index in [0.717, 1.165) is 19.6 Å². The lowest BCUT2D eigenvalue weighted by Crippen LogP contribution is -2.41. The molecule has 2 heteroatoms. The Morgan fingerprint density at radius 3 is 2.25 bits per heavy atom. The van der Waals surface area contributed by atoms with Crippen LogP contribution in [0.25, 0.3) is 0 Å². The maximum absolute atomic E-state index is 5.92. The lowest BCUT2D eigenvalue weighted by molar-refractivity contribution is 0.0407. The molecular formula is C14H31NO. The summed E-state index contributed by atoms with van der Waals surface area (Å²) in [5, 5.41) is 3.52. The second-order valence-electron chi connectivity index (χ2n) is 5.62. The quantitative estimate of drug-likeness (QED) is 0.608. The van der Waals surface area contributed by atoms with E-state index < -0.39 is 0 Å². The van der Waals surface area contributed by atoms with Gasteiger partial charge in [0.1, 0.15) is 0 Å². The molecule has 0 fully saturated rings. The summed E-state index contributed by atoms with van der Waals surface area (Å²) in [6, 6.07) is 0. The highest BCUT2D eigenvalue weighted by molar-refractivity contribution is 4.73. The Morgan fingerprint density at radius 1 is 1.06 bits per heavy atom. The average Bonchev–Trinajstić information content (AvgIpc) is 2.19. The Labute approximate surface area is 102 Å². The molecule has 0 aromatic rings. The normalized spacial score (nSPS) is 14.1. The minimum Gasteiger partial charge on any atom is -0.377 e. The van der Waals surface area contributed by atoms with E-state index >= 15 is 0 Å². The summed E-state index contributed by atoms with van der Waals surface area (Å²) in [5.74, 6) is 0. The number of hydrogen-bond donors (Lipinski definition) is 1. The standard InChI is InChI=1S/C14H31NO/c1-6-8-9-11-16-13(10-7-2)12-15-14(3,4)5/h13,15H,6-12H2,1-5H3. The van der Waals surface area contributed by atoms with Crippen molar-refractivity contribution >= 4 is 0 Å². The zero-order chi connectivity index (χ0) is 12.4. The van der Waals surface area contributed by atoms with Crippen molar-refractivity contribution in [2.24, 2.45) is 0 Å². The molecule has 0 aliphatic carbocycles. The van der Waals surface area contributed by atoms with Gasteiger partial charge in [-0.2, -0.15) is 0 Å². The zero-order valence-electron chi connectivity index (χ0n) is 11.9. The smallest absolute Gasteiger partial charge is 0.0699 e. The summed E-state index contributed by atoms with van der Waals surface area (Å²) in [6.07, 6.45) is 6.50. The van der Waals surface area contributed by atoms with Crippen LogP contribution in [-0.4, -0.2) is 24.8 Å². The molecule has 0 saturated heterocycles. The van der Waals surface area contributed by atoms with Crippen LogP contribution in [0.2, 0.25) is 0 Å². The van der Waals surface area contributed by atoms with E-state index in [4.69, 9.17) is 4.74 Å². The molecule has 0 bridgehead atoms. The molecular weight excluding hydrogens is 198 g/mol. The number of rotatable bonds is 9. The molecule has 0 spiro atoms. The van der Waals surface area contributed by atoms with Crippen molar-refractivity contribution in [2.45, 2.75) is 78.4 Å². The van der Waals surface area contributed by atoms with Crippen molar-refractivity contribution in [3.8, 4) is 0 Å². The van der Waals surface area contributed by atoms with Crippen molar-refractivity contribution in [1.82, 2.24) is 5.32 Å². The molecule has 98 valence electrons. The van der Waals surface area contributed by atoms with Crippen molar-refractivity contribution in [3.63, 3.8) is 0 Å². The molecule has 0 rings (SSSR count). The first-order valence-corrected chi connectivity index (χ1v) is 6.86. The summed E-state index contributed by atoms with van der Waals surface area (Å²) in [6.45, 7) is 12.9. The van der Waals surface area contributed by atoms with Gasteiger partial charge in [-0.15, -0.1) is 0 Å². The third-order valence-corrected chi connectivity index (χ3v) is 2.57. The summed E-state index contributed by atoms with van der Waals surface area (Å²) in [7, 11) is 0. The topological polar surface area (TPSA) is 21.3 Å². The predicted octanol–water partition coefficient (Wildman–Crippen LogP) is 3.75. The molecule has 1 atom stereocenters. The molecule has 0 radical (unpaired) electrons. The van der Waals surface area contributed by atoms with Gasteiger partial charge < -0.3 is 10.1 Å². The van der Waals surface area contributed by atoms with Crippen LogP contribution in [0.4, 0.5) is 0 Å². The van der Waals surface area contributed by atoms with Crippen LogP contribution < -0.4 is 5.32 Å². The van der Waals surface area contributed by atoms with Gasteiger partial charge in [0.2, 0.25) is 0 Å². The SMILES string of the molecule is CCCCCOC(CCC)CNC(C)(C)C. The molecule has 0 aliphatic rings. The second kappa shape index (κ2) is 9.00. The summed E-state index contributed by atoms with van der Waals surface area (Å²) < 4.78 is 5.92. The molecule has 0 saturated carbocycles. The number of ether oxygens (including phenoxy) is 1. The summed E-state index contributed by atoms with van der Waals surface area (Å²) in [5.41, 5.74) is 0.193. The fourth-order valence-electron chi connectivity index (χ4n) is 1.59. The summed E-state index contributed by atoms with van der Waals surface area (Å²) in [4.78, 5) is 0. The van der Waals surface area contributed by atoms with Crippen LogP contribution >= 0.6 is 0 Å². The Balaban J connectivity index is 3.70. The number of nitrogens with one attached hydrogen (secondary N) is 1. The van der Waals surface area contributed by atoms with Gasteiger partial charge in [0.15, 0.2) is 0 Å². The van der Waals surface area contributed by atoms with Gasteiger partial charge in [0.25, 0.3) is 0 Å². The maximum Gasteiger partial charge on any atom is 0.0699 e. The number of unbranched alkanes of at least 4 members (excludes halogenated alkanes) is 2. The molecule has 0 aromatic heterocycles. The number of hydrogen-bond acceptors (Lipinski definition) is 2. The van der Waals surface area contributed by atoms with Crippen molar-refractivity contribution in [3.05, 3.63) is 0 Å². The minimum absolute atomic E-state index is 0.193. The molecule has 1 unspecified atom stereocenters. The zero-order valence-corrected chi connectivity index (χ0v) is 11.9. The third kappa shape index (κ3) is 10.4. The first-order valence-electron chi connectivity index (χ1n) is 6.86. The van der Waals surface area contributed by atoms with Gasteiger partial charge in [-0.1, -0.05) is 33.1 Å². The van der Waals surface area contributed by atoms with Gasteiger partial charge in [-0.3, -0.25) is 0 Å². The lowest BCUT2D eigenvalue weighted by Gasteiger charge is -2.25. The molecule has 0 amide bonds. The molecule has 0 heterocycles. The monoisotopic (exact) mass is 229 g/mol. The van der Waals surface area contributed by atoms with E-state index in [1.165, 1.54) is 25.7 Å². The van der Waals surface area contributed by atoms with E-state index in [0.29, 0.717) is 6.10 Å². The Hall–Kier alpha value is -0.0800. The van der Waals surface area contributed by atoms with E-state index in [1.807, 2.05) is 0 Å². The third-order valence-electron chi connectivity index (χ3n) is 2.57. The lowest BCUT2D eigenvalue weighted by atomic mass is 10.1. The highest BCUT2D eigenvalue weighted by atomic mass is 16.5. The van der Waals surface area contributed by atoms with E-state index in [-0.39, 0.29) is 5.54 Å². The molecule has 1 N–H and O–H groups in total. The maximum atomic E-state index is 5.92. The van der Waals surface area contributed by atoms with E-state index in [1.54, 1.807) is 0 Å². The second-order valence-corrected chi connectivity index (χ2v) is 5.62.